The van der Waals surface area contributed by atoms with Crippen molar-refractivity contribution in [1.29, 1.82) is 5.26 Å². The van der Waals surface area contributed by atoms with Gasteiger partial charge in [-0.1, -0.05) is 13.0 Å². The fraction of sp³-hybridized carbons (Fsp3) is 0.273. The molecule has 8 nitrogen and oxygen atoms in total. The molecule has 2 N–H and O–H groups in total. The van der Waals surface area contributed by atoms with E-state index in [1.54, 1.807) is 25.3 Å². The van der Waals surface area contributed by atoms with Crippen LogP contribution in [0.1, 0.15) is 25.8 Å². The Labute approximate surface area is 180 Å². The minimum atomic E-state index is -0.455. The number of halogens is 1. The van der Waals surface area contributed by atoms with Crippen molar-refractivity contribution in [1.82, 2.24) is 4.98 Å². The lowest BCUT2D eigenvalue weighted by Crippen LogP contribution is -2.16. The number of aliphatic imine (C=N–C) groups is 2. The van der Waals surface area contributed by atoms with Crippen molar-refractivity contribution in [3.05, 3.63) is 53.6 Å². The molecular formula is C22H24FN5O3. The highest BCUT2D eigenvalue weighted by atomic mass is 19.1. The molecule has 162 valence electrons. The fourth-order valence-corrected chi connectivity index (χ4v) is 2.67. The van der Waals surface area contributed by atoms with Gasteiger partial charge in [0.15, 0.2) is 17.4 Å². The standard InChI is InChI=1S/C22H24FN5O3/c1-5-6-17(28-14(2)29-3)12-27-22(25)18-9-15(19-8-7-16(23)11-26-19)10-20(30-4)21(18)31-13-24/h6-11H,5,12H2,1-4H3,(H2,25,27)/b17-6+,28-14?. The second-order valence-corrected chi connectivity index (χ2v) is 6.25. The summed E-state index contributed by atoms with van der Waals surface area (Å²) >= 11 is 0. The number of pyridine rings is 1. The Hall–Kier alpha value is -3.93. The Morgan fingerprint density at radius 3 is 2.68 bits per heavy atom. The first-order valence-electron chi connectivity index (χ1n) is 9.41. The first kappa shape index (κ1) is 23.3. The SMILES string of the molecule is CC/C=C(\CN=C(N)c1cc(-c2ccc(F)cn2)cc(OC)c1OC#N)N=C(C)OC. The molecule has 2 aromatic rings. The highest BCUT2D eigenvalue weighted by Crippen LogP contribution is 2.36. The molecule has 0 unspecified atom stereocenters. The van der Waals surface area contributed by atoms with E-state index in [1.165, 1.54) is 26.4 Å². The molecule has 1 aromatic heterocycles. The first-order valence-corrected chi connectivity index (χ1v) is 9.41. The van der Waals surface area contributed by atoms with E-state index < -0.39 is 5.82 Å². The van der Waals surface area contributed by atoms with Gasteiger partial charge in [-0.2, -0.15) is 0 Å². The molecule has 2 rings (SSSR count). The summed E-state index contributed by atoms with van der Waals surface area (Å²) < 4.78 is 28.8. The van der Waals surface area contributed by atoms with E-state index in [2.05, 4.69) is 15.0 Å². The van der Waals surface area contributed by atoms with Gasteiger partial charge in [0, 0.05) is 12.5 Å². The van der Waals surface area contributed by atoms with Crippen LogP contribution >= 0.6 is 0 Å². The van der Waals surface area contributed by atoms with Crippen LogP contribution in [0, 0.1) is 17.3 Å². The van der Waals surface area contributed by atoms with E-state index in [0.29, 0.717) is 28.4 Å². The molecule has 1 heterocycles. The van der Waals surface area contributed by atoms with Gasteiger partial charge >= 0.3 is 0 Å². The zero-order valence-electron chi connectivity index (χ0n) is 17.8. The van der Waals surface area contributed by atoms with E-state index in [-0.39, 0.29) is 23.9 Å². The predicted molar refractivity (Wildman–Crippen MR) is 117 cm³/mol. The molecule has 0 radical (unpaired) electrons. The summed E-state index contributed by atoms with van der Waals surface area (Å²) in [4.78, 5) is 12.8. The number of nitriles is 1. The predicted octanol–water partition coefficient (Wildman–Crippen LogP) is 3.82. The number of benzene rings is 1. The van der Waals surface area contributed by atoms with Crippen molar-refractivity contribution < 1.29 is 18.6 Å². The van der Waals surface area contributed by atoms with Crippen LogP contribution in [0.5, 0.6) is 11.5 Å². The van der Waals surface area contributed by atoms with E-state index in [1.807, 2.05) is 13.0 Å². The lowest BCUT2D eigenvalue weighted by molar-refractivity contribution is 0.384. The minimum absolute atomic E-state index is 0.111. The highest BCUT2D eigenvalue weighted by Gasteiger charge is 2.18. The number of rotatable bonds is 8. The molecule has 0 aliphatic carbocycles. The third-order valence-corrected chi connectivity index (χ3v) is 4.17. The minimum Gasteiger partial charge on any atom is -0.493 e. The number of amidine groups is 1. The highest BCUT2D eigenvalue weighted by molar-refractivity contribution is 6.02. The Kier molecular flexibility index (Phi) is 8.52. The zero-order valence-corrected chi connectivity index (χ0v) is 17.8. The molecule has 1 aromatic carbocycles. The summed E-state index contributed by atoms with van der Waals surface area (Å²) in [6.07, 6.45) is 5.41. The largest absolute Gasteiger partial charge is 0.493 e. The van der Waals surface area contributed by atoms with Crippen LogP contribution in [0.15, 0.2) is 52.2 Å². The smallest absolute Gasteiger partial charge is 0.292 e. The maximum absolute atomic E-state index is 13.3. The van der Waals surface area contributed by atoms with Crippen LogP contribution in [-0.2, 0) is 4.74 Å². The first-order chi connectivity index (χ1) is 14.9. The fourth-order valence-electron chi connectivity index (χ4n) is 2.67. The molecular weight excluding hydrogens is 401 g/mol. The van der Waals surface area contributed by atoms with Crippen LogP contribution in [0.4, 0.5) is 4.39 Å². The summed E-state index contributed by atoms with van der Waals surface area (Å²) in [6, 6.07) is 6.10. The molecule has 0 atom stereocenters. The normalized spacial score (nSPS) is 12.3. The van der Waals surface area contributed by atoms with Gasteiger partial charge in [-0.05, 0) is 30.7 Å². The average Bonchev–Trinajstić information content (AvgIpc) is 2.78. The van der Waals surface area contributed by atoms with Gasteiger partial charge in [0.1, 0.15) is 11.7 Å². The van der Waals surface area contributed by atoms with Gasteiger partial charge in [-0.15, -0.1) is 5.26 Å². The zero-order chi connectivity index (χ0) is 22.8. The Balaban J connectivity index is 2.54. The monoisotopic (exact) mass is 425 g/mol. The van der Waals surface area contributed by atoms with Crippen molar-refractivity contribution in [2.24, 2.45) is 15.7 Å². The number of aromatic nitrogens is 1. The number of hydrogen-bond donors (Lipinski definition) is 1. The summed E-state index contributed by atoms with van der Waals surface area (Å²) in [5.74, 6) is 0.530. The van der Waals surface area contributed by atoms with E-state index >= 15 is 0 Å². The van der Waals surface area contributed by atoms with Crippen molar-refractivity contribution >= 4 is 11.7 Å². The van der Waals surface area contributed by atoms with Gasteiger partial charge < -0.3 is 19.9 Å². The molecule has 0 bridgehead atoms. The third-order valence-electron chi connectivity index (χ3n) is 4.17. The average molecular weight is 425 g/mol. The van der Waals surface area contributed by atoms with E-state index in [9.17, 15) is 4.39 Å². The molecule has 0 saturated carbocycles. The molecule has 0 fully saturated rings. The van der Waals surface area contributed by atoms with Crippen molar-refractivity contribution in [3.63, 3.8) is 0 Å². The molecule has 0 amide bonds. The maximum Gasteiger partial charge on any atom is 0.292 e. The lowest BCUT2D eigenvalue weighted by Gasteiger charge is -2.13. The Morgan fingerprint density at radius 2 is 2.10 bits per heavy atom. The molecule has 0 spiro atoms. The summed E-state index contributed by atoms with van der Waals surface area (Å²) in [5.41, 5.74) is 8.34. The quantitative estimate of drug-likeness (QED) is 0.391. The van der Waals surface area contributed by atoms with E-state index in [4.69, 9.17) is 25.2 Å². The van der Waals surface area contributed by atoms with Gasteiger partial charge in [-0.25, -0.2) is 9.38 Å². The van der Waals surface area contributed by atoms with E-state index in [0.717, 1.165) is 12.6 Å². The van der Waals surface area contributed by atoms with Crippen LogP contribution in [0.2, 0.25) is 0 Å². The van der Waals surface area contributed by atoms with Crippen LogP contribution in [0.25, 0.3) is 11.3 Å². The van der Waals surface area contributed by atoms with Crippen molar-refractivity contribution in [3.8, 4) is 29.0 Å². The number of methoxy groups -OCH3 is 2. The number of allylic oxidation sites excluding steroid dienone is 1. The van der Waals surface area contributed by atoms with Crippen molar-refractivity contribution in [2.45, 2.75) is 20.3 Å². The van der Waals surface area contributed by atoms with Gasteiger partial charge in [0.05, 0.1) is 43.9 Å². The van der Waals surface area contributed by atoms with Gasteiger partial charge in [-0.3, -0.25) is 9.98 Å². The van der Waals surface area contributed by atoms with Gasteiger partial charge in [0.2, 0.25) is 0 Å². The molecule has 31 heavy (non-hydrogen) atoms. The number of nitrogens with zero attached hydrogens (tertiary/aromatic N) is 4. The molecule has 0 aliphatic rings. The summed E-state index contributed by atoms with van der Waals surface area (Å²) in [5, 5.41) is 9.07. The van der Waals surface area contributed by atoms with Crippen molar-refractivity contribution in [2.75, 3.05) is 20.8 Å². The summed E-state index contributed by atoms with van der Waals surface area (Å²) in [6.45, 7) is 3.90. The third kappa shape index (κ3) is 6.27. The summed E-state index contributed by atoms with van der Waals surface area (Å²) in [7, 11) is 2.97. The molecule has 0 saturated heterocycles. The Bertz CT molecular complexity index is 1040. The van der Waals surface area contributed by atoms with Crippen LogP contribution in [-0.4, -0.2) is 37.5 Å². The Morgan fingerprint density at radius 1 is 1.32 bits per heavy atom. The van der Waals surface area contributed by atoms with Gasteiger partial charge in [0.25, 0.3) is 6.26 Å². The number of hydrogen-bond acceptors (Lipinski definition) is 7. The number of nitrogens with two attached hydrogens (primary N) is 1. The topological polar surface area (TPSA) is 115 Å². The second kappa shape index (κ2) is 11.3. The maximum atomic E-state index is 13.3. The van der Waals surface area contributed by atoms with Crippen LogP contribution < -0.4 is 15.2 Å². The van der Waals surface area contributed by atoms with Crippen LogP contribution in [0.3, 0.4) is 0 Å². The second-order valence-electron chi connectivity index (χ2n) is 6.25. The lowest BCUT2D eigenvalue weighted by atomic mass is 10.0. The molecule has 9 heteroatoms. The number of ether oxygens (including phenoxy) is 3. The molecule has 0 aliphatic heterocycles.